The van der Waals surface area contributed by atoms with Gasteiger partial charge in [-0.05, 0) is 17.8 Å². The molecule has 0 aromatic heterocycles. The standard InChI is InChI=1S/C12H15N3O3/c1-14-11(12(17)18)7-15(13)6-9-2-4-10(8-16)5-3-9/h2-5,7,16H,1,6,8,13H2,(H,17,18)/b11-7-. The molecule has 1 rings (SSSR count). The first-order chi connectivity index (χ1) is 8.56. The van der Waals surface area contributed by atoms with Gasteiger partial charge < -0.3 is 15.2 Å². The Balaban J connectivity index is 2.71. The lowest BCUT2D eigenvalue weighted by Gasteiger charge is -2.14. The maximum atomic E-state index is 10.7. The third-order valence-corrected chi connectivity index (χ3v) is 2.25. The van der Waals surface area contributed by atoms with E-state index in [0.29, 0.717) is 6.54 Å². The van der Waals surface area contributed by atoms with E-state index in [2.05, 4.69) is 11.7 Å². The maximum Gasteiger partial charge on any atom is 0.356 e. The van der Waals surface area contributed by atoms with Crippen LogP contribution in [-0.2, 0) is 17.9 Å². The fraction of sp³-hybridized carbons (Fsp3) is 0.167. The Morgan fingerprint density at radius 1 is 1.39 bits per heavy atom. The van der Waals surface area contributed by atoms with Crippen molar-refractivity contribution in [1.29, 1.82) is 0 Å². The molecule has 0 bridgehead atoms. The van der Waals surface area contributed by atoms with Crippen molar-refractivity contribution in [3.8, 4) is 0 Å². The second-order valence-corrected chi connectivity index (χ2v) is 3.62. The zero-order valence-electron chi connectivity index (χ0n) is 9.78. The number of nitrogens with zero attached hydrogens (tertiary/aromatic N) is 2. The lowest BCUT2D eigenvalue weighted by Crippen LogP contribution is -2.25. The summed E-state index contributed by atoms with van der Waals surface area (Å²) in [6.45, 7) is 3.47. The van der Waals surface area contributed by atoms with Gasteiger partial charge in [0.1, 0.15) is 0 Å². The average molecular weight is 249 g/mol. The number of aliphatic carboxylic acids is 1. The molecule has 6 nitrogen and oxygen atoms in total. The quantitative estimate of drug-likeness (QED) is 0.295. The van der Waals surface area contributed by atoms with Gasteiger partial charge in [0.25, 0.3) is 0 Å². The molecule has 0 fully saturated rings. The first kappa shape index (κ1) is 13.9. The summed E-state index contributed by atoms with van der Waals surface area (Å²) >= 11 is 0. The SMILES string of the molecule is C=N/C(=C\N(N)Cc1ccc(CO)cc1)C(=O)O. The summed E-state index contributed by atoms with van der Waals surface area (Å²) in [7, 11) is 0. The van der Waals surface area contributed by atoms with E-state index >= 15 is 0 Å². The van der Waals surface area contributed by atoms with Gasteiger partial charge in [-0.3, -0.25) is 4.99 Å². The van der Waals surface area contributed by atoms with Crippen molar-refractivity contribution in [3.63, 3.8) is 0 Å². The van der Waals surface area contributed by atoms with Crippen molar-refractivity contribution in [2.75, 3.05) is 0 Å². The highest BCUT2D eigenvalue weighted by Gasteiger charge is 2.06. The number of carboxylic acid groups (broad SMARTS) is 1. The van der Waals surface area contributed by atoms with Crippen molar-refractivity contribution >= 4 is 12.7 Å². The minimum atomic E-state index is -1.18. The van der Waals surface area contributed by atoms with Crippen molar-refractivity contribution < 1.29 is 15.0 Å². The molecule has 0 saturated heterocycles. The summed E-state index contributed by atoms with van der Waals surface area (Å²) < 4.78 is 0. The molecule has 1 aromatic rings. The predicted molar refractivity (Wildman–Crippen MR) is 67.4 cm³/mol. The van der Waals surface area contributed by atoms with Crippen LogP contribution in [0.25, 0.3) is 0 Å². The number of aliphatic imine (C=N–C) groups is 1. The van der Waals surface area contributed by atoms with Crippen LogP contribution in [0.5, 0.6) is 0 Å². The minimum absolute atomic E-state index is 0.0178. The third-order valence-electron chi connectivity index (χ3n) is 2.25. The molecule has 6 heteroatoms. The van der Waals surface area contributed by atoms with Crippen LogP contribution in [0.2, 0.25) is 0 Å². The highest BCUT2D eigenvalue weighted by atomic mass is 16.4. The number of aliphatic hydroxyl groups excluding tert-OH is 1. The summed E-state index contributed by atoms with van der Waals surface area (Å²) in [6, 6.07) is 7.16. The average Bonchev–Trinajstić information content (AvgIpc) is 2.36. The van der Waals surface area contributed by atoms with E-state index in [1.54, 1.807) is 24.3 Å². The molecule has 0 radical (unpaired) electrons. The molecule has 0 aliphatic rings. The van der Waals surface area contributed by atoms with Crippen LogP contribution in [-0.4, -0.2) is 27.9 Å². The molecule has 0 atom stereocenters. The van der Waals surface area contributed by atoms with Crippen LogP contribution in [0.1, 0.15) is 11.1 Å². The summed E-state index contributed by atoms with van der Waals surface area (Å²) in [5.74, 6) is 4.46. The number of rotatable bonds is 6. The Hall–Kier alpha value is -2.18. The van der Waals surface area contributed by atoms with Crippen LogP contribution < -0.4 is 5.84 Å². The van der Waals surface area contributed by atoms with Crippen LogP contribution in [0.4, 0.5) is 0 Å². The van der Waals surface area contributed by atoms with Gasteiger partial charge in [-0.25, -0.2) is 10.6 Å². The molecular weight excluding hydrogens is 234 g/mol. The highest BCUT2D eigenvalue weighted by molar-refractivity contribution is 5.86. The second kappa shape index (κ2) is 6.53. The highest BCUT2D eigenvalue weighted by Crippen LogP contribution is 2.07. The third kappa shape index (κ3) is 4.00. The lowest BCUT2D eigenvalue weighted by atomic mass is 10.1. The molecule has 0 amide bonds. The lowest BCUT2D eigenvalue weighted by molar-refractivity contribution is -0.132. The molecule has 0 aliphatic heterocycles. The van der Waals surface area contributed by atoms with E-state index in [1.165, 1.54) is 11.2 Å². The van der Waals surface area contributed by atoms with Gasteiger partial charge in [0.2, 0.25) is 0 Å². The monoisotopic (exact) mass is 249 g/mol. The predicted octanol–water partition coefficient (Wildman–Crippen LogP) is 0.481. The van der Waals surface area contributed by atoms with Crippen LogP contribution >= 0.6 is 0 Å². The van der Waals surface area contributed by atoms with E-state index in [0.717, 1.165) is 11.1 Å². The van der Waals surface area contributed by atoms with Gasteiger partial charge in [-0.2, -0.15) is 0 Å². The number of carboxylic acids is 1. The molecule has 0 unspecified atom stereocenters. The van der Waals surface area contributed by atoms with Crippen molar-refractivity contribution in [1.82, 2.24) is 5.01 Å². The van der Waals surface area contributed by atoms with Crippen molar-refractivity contribution in [2.45, 2.75) is 13.2 Å². The molecule has 4 N–H and O–H groups in total. The van der Waals surface area contributed by atoms with E-state index in [-0.39, 0.29) is 12.3 Å². The summed E-state index contributed by atoms with van der Waals surface area (Å²) in [5.41, 5.74) is 1.47. The molecular formula is C12H15N3O3. The number of hydrogen-bond donors (Lipinski definition) is 3. The van der Waals surface area contributed by atoms with Crippen molar-refractivity contribution in [2.24, 2.45) is 10.8 Å². The Morgan fingerprint density at radius 2 is 1.94 bits per heavy atom. The van der Waals surface area contributed by atoms with Crippen LogP contribution in [0.15, 0.2) is 41.2 Å². The summed E-state index contributed by atoms with van der Waals surface area (Å²) in [4.78, 5) is 14.0. The van der Waals surface area contributed by atoms with Crippen LogP contribution in [0.3, 0.4) is 0 Å². The molecule has 0 spiro atoms. The number of benzene rings is 1. The zero-order valence-corrected chi connectivity index (χ0v) is 9.78. The van der Waals surface area contributed by atoms with Crippen LogP contribution in [0, 0.1) is 0 Å². The molecule has 96 valence electrons. The minimum Gasteiger partial charge on any atom is -0.476 e. The molecule has 0 heterocycles. The first-order valence-corrected chi connectivity index (χ1v) is 5.18. The van der Waals surface area contributed by atoms with Gasteiger partial charge in [0, 0.05) is 6.20 Å². The molecule has 18 heavy (non-hydrogen) atoms. The number of hydrogen-bond acceptors (Lipinski definition) is 5. The summed E-state index contributed by atoms with van der Waals surface area (Å²) in [6.07, 6.45) is 1.20. The smallest absolute Gasteiger partial charge is 0.356 e. The van der Waals surface area contributed by atoms with Gasteiger partial charge in [-0.1, -0.05) is 24.3 Å². The topological polar surface area (TPSA) is 99.1 Å². The fourth-order valence-electron chi connectivity index (χ4n) is 1.33. The number of nitrogens with two attached hydrogens (primary N) is 1. The number of aliphatic hydroxyl groups is 1. The number of carbonyl (C=O) groups is 1. The van der Waals surface area contributed by atoms with E-state index in [9.17, 15) is 4.79 Å². The largest absolute Gasteiger partial charge is 0.476 e. The zero-order chi connectivity index (χ0) is 13.5. The number of hydrazine groups is 1. The molecule has 0 aliphatic carbocycles. The fourth-order valence-corrected chi connectivity index (χ4v) is 1.33. The maximum absolute atomic E-state index is 10.7. The summed E-state index contributed by atoms with van der Waals surface area (Å²) in [5, 5.41) is 18.9. The molecule has 0 saturated carbocycles. The van der Waals surface area contributed by atoms with Gasteiger partial charge in [-0.15, -0.1) is 0 Å². The first-order valence-electron chi connectivity index (χ1n) is 5.18. The normalized spacial score (nSPS) is 11.1. The molecule has 1 aromatic carbocycles. The second-order valence-electron chi connectivity index (χ2n) is 3.62. The Labute approximate surface area is 105 Å². The van der Waals surface area contributed by atoms with E-state index in [4.69, 9.17) is 16.1 Å². The Morgan fingerprint density at radius 3 is 2.39 bits per heavy atom. The van der Waals surface area contributed by atoms with E-state index in [1.807, 2.05) is 0 Å². The van der Waals surface area contributed by atoms with Gasteiger partial charge in [0.15, 0.2) is 5.70 Å². The Kier molecular flexibility index (Phi) is 5.04. The van der Waals surface area contributed by atoms with Crippen molar-refractivity contribution in [3.05, 3.63) is 47.3 Å². The van der Waals surface area contributed by atoms with Gasteiger partial charge in [0.05, 0.1) is 13.2 Å². The Bertz CT molecular complexity index is 454. The van der Waals surface area contributed by atoms with E-state index < -0.39 is 5.97 Å². The van der Waals surface area contributed by atoms with Gasteiger partial charge >= 0.3 is 5.97 Å².